The Hall–Kier alpha value is -1.83. The lowest BCUT2D eigenvalue weighted by Crippen LogP contribution is -2.10. The Morgan fingerprint density at radius 2 is 1.89 bits per heavy atom. The van der Waals surface area contributed by atoms with E-state index in [9.17, 15) is 18.5 Å². The van der Waals surface area contributed by atoms with E-state index in [4.69, 9.17) is 4.74 Å². The minimum atomic E-state index is -3.50. The summed E-state index contributed by atoms with van der Waals surface area (Å²) in [5, 5.41) is 10.5. The van der Waals surface area contributed by atoms with Crippen molar-refractivity contribution in [2.75, 3.05) is 18.1 Å². The number of non-ortho nitro benzene ring substituents is 1. The summed E-state index contributed by atoms with van der Waals surface area (Å²) in [6.07, 6.45) is 0.950. The van der Waals surface area contributed by atoms with Crippen LogP contribution in [0.3, 0.4) is 0 Å². The van der Waals surface area contributed by atoms with E-state index in [0.717, 1.165) is 12.3 Å². The second-order valence-electron chi connectivity index (χ2n) is 3.02. The van der Waals surface area contributed by atoms with Crippen LogP contribution in [0.15, 0.2) is 18.2 Å². The van der Waals surface area contributed by atoms with Crippen LogP contribution < -0.4 is 9.46 Å². The van der Waals surface area contributed by atoms with E-state index in [1.54, 1.807) is 0 Å². The Morgan fingerprint density at radius 3 is 2.28 bits per heavy atom. The lowest BCUT2D eigenvalue weighted by Gasteiger charge is -2.08. The van der Waals surface area contributed by atoms with Gasteiger partial charge in [0.25, 0.3) is 5.69 Å². The number of nitrogens with zero attached hydrogens (tertiary/aromatic N) is 1. The molecule has 1 aromatic carbocycles. The highest BCUT2D eigenvalue weighted by molar-refractivity contribution is 7.92. The SMILES string of the molecule is CC.COc1ccc([N+](=O)[O-])cc1NS(C)(=O)=O. The fourth-order valence-electron chi connectivity index (χ4n) is 1.09. The van der Waals surface area contributed by atoms with Gasteiger partial charge < -0.3 is 4.74 Å². The largest absolute Gasteiger partial charge is 0.495 e. The molecule has 0 bridgehead atoms. The number of methoxy groups -OCH3 is 1. The van der Waals surface area contributed by atoms with Gasteiger partial charge in [-0.05, 0) is 6.07 Å². The van der Waals surface area contributed by atoms with E-state index in [1.165, 1.54) is 19.2 Å². The molecule has 0 spiro atoms. The van der Waals surface area contributed by atoms with Gasteiger partial charge in [-0.2, -0.15) is 0 Å². The lowest BCUT2D eigenvalue weighted by atomic mass is 10.2. The molecule has 1 aromatic rings. The summed E-state index contributed by atoms with van der Waals surface area (Å²) in [5.41, 5.74) is -0.175. The molecule has 0 unspecified atom stereocenters. The van der Waals surface area contributed by atoms with Crippen LogP contribution in [0.2, 0.25) is 0 Å². The molecule has 1 rings (SSSR count). The Kier molecular flexibility index (Phi) is 6.11. The number of rotatable bonds is 4. The van der Waals surface area contributed by atoms with Crippen LogP contribution in [0.1, 0.15) is 13.8 Å². The summed E-state index contributed by atoms with van der Waals surface area (Å²) in [6, 6.07) is 3.65. The number of nitrogens with one attached hydrogen (secondary N) is 1. The highest BCUT2D eigenvalue weighted by atomic mass is 32.2. The first-order valence-electron chi connectivity index (χ1n) is 5.13. The topological polar surface area (TPSA) is 98.5 Å². The molecule has 0 saturated heterocycles. The van der Waals surface area contributed by atoms with Crippen LogP contribution in [0.4, 0.5) is 11.4 Å². The summed E-state index contributed by atoms with van der Waals surface area (Å²) in [7, 11) is -2.16. The fraction of sp³-hybridized carbons (Fsp3) is 0.400. The molecular weight excluding hydrogens is 260 g/mol. The third-order valence-electron chi connectivity index (χ3n) is 1.69. The molecular formula is C10H16N2O5S. The normalized spacial score (nSPS) is 10.0. The maximum atomic E-state index is 11.0. The van der Waals surface area contributed by atoms with Gasteiger partial charge in [0.15, 0.2) is 0 Å². The van der Waals surface area contributed by atoms with Gasteiger partial charge in [0.1, 0.15) is 5.75 Å². The molecule has 8 heteroatoms. The average molecular weight is 276 g/mol. The number of nitro benzene ring substituents is 1. The number of ether oxygens (including phenoxy) is 1. The zero-order valence-corrected chi connectivity index (χ0v) is 11.4. The van der Waals surface area contributed by atoms with Gasteiger partial charge in [0.2, 0.25) is 10.0 Å². The molecule has 0 heterocycles. The molecule has 0 saturated carbocycles. The first kappa shape index (κ1) is 16.2. The highest BCUT2D eigenvalue weighted by Crippen LogP contribution is 2.29. The first-order chi connectivity index (χ1) is 8.33. The second-order valence-corrected chi connectivity index (χ2v) is 4.76. The van der Waals surface area contributed by atoms with Crippen LogP contribution in [0.25, 0.3) is 0 Å². The van der Waals surface area contributed by atoms with Crippen LogP contribution in [0, 0.1) is 10.1 Å². The molecule has 102 valence electrons. The minimum absolute atomic E-state index is 0.0409. The van der Waals surface area contributed by atoms with Crippen molar-refractivity contribution in [3.63, 3.8) is 0 Å². The van der Waals surface area contributed by atoms with Crippen molar-refractivity contribution in [1.29, 1.82) is 0 Å². The Morgan fingerprint density at radius 1 is 1.33 bits per heavy atom. The molecule has 18 heavy (non-hydrogen) atoms. The van der Waals surface area contributed by atoms with E-state index in [-0.39, 0.29) is 17.1 Å². The predicted molar refractivity (Wildman–Crippen MR) is 69.5 cm³/mol. The van der Waals surface area contributed by atoms with Crippen molar-refractivity contribution in [3.8, 4) is 5.75 Å². The lowest BCUT2D eigenvalue weighted by molar-refractivity contribution is -0.384. The Balaban J connectivity index is 0.00000137. The van der Waals surface area contributed by atoms with Gasteiger partial charge in [-0.15, -0.1) is 0 Å². The van der Waals surface area contributed by atoms with Crippen molar-refractivity contribution in [3.05, 3.63) is 28.3 Å². The second kappa shape index (κ2) is 6.80. The molecule has 0 aliphatic carbocycles. The van der Waals surface area contributed by atoms with Gasteiger partial charge >= 0.3 is 0 Å². The molecule has 0 aliphatic rings. The minimum Gasteiger partial charge on any atom is -0.495 e. The smallest absolute Gasteiger partial charge is 0.271 e. The zero-order valence-electron chi connectivity index (χ0n) is 10.6. The first-order valence-corrected chi connectivity index (χ1v) is 7.03. The number of benzene rings is 1. The summed E-state index contributed by atoms with van der Waals surface area (Å²) in [5.74, 6) is 0.219. The average Bonchev–Trinajstić information content (AvgIpc) is 2.29. The standard InChI is InChI=1S/C8H10N2O5S.C2H6/c1-15-8-4-3-6(10(11)12)5-7(8)9-16(2,13)14;1-2/h3-5,9H,1-2H3;1-2H3. The number of hydrogen-bond donors (Lipinski definition) is 1. The van der Waals surface area contributed by atoms with Crippen molar-refractivity contribution in [2.45, 2.75) is 13.8 Å². The van der Waals surface area contributed by atoms with Gasteiger partial charge in [0.05, 0.1) is 24.0 Å². The Bertz CT molecular complexity index is 513. The van der Waals surface area contributed by atoms with Gasteiger partial charge in [-0.1, -0.05) is 13.8 Å². The third-order valence-corrected chi connectivity index (χ3v) is 2.28. The van der Waals surface area contributed by atoms with Crippen LogP contribution in [0.5, 0.6) is 5.75 Å². The quantitative estimate of drug-likeness (QED) is 0.669. The summed E-state index contributed by atoms with van der Waals surface area (Å²) >= 11 is 0. The summed E-state index contributed by atoms with van der Waals surface area (Å²) in [6.45, 7) is 4.00. The van der Waals surface area contributed by atoms with Crippen LogP contribution in [-0.4, -0.2) is 26.7 Å². The van der Waals surface area contributed by atoms with E-state index < -0.39 is 14.9 Å². The van der Waals surface area contributed by atoms with Crippen LogP contribution in [-0.2, 0) is 10.0 Å². The van der Waals surface area contributed by atoms with Gasteiger partial charge in [0, 0.05) is 12.1 Å². The van der Waals surface area contributed by atoms with E-state index in [0.29, 0.717) is 0 Å². The number of sulfonamides is 1. The maximum Gasteiger partial charge on any atom is 0.271 e. The van der Waals surface area contributed by atoms with Crippen LogP contribution >= 0.6 is 0 Å². The molecule has 0 fully saturated rings. The third kappa shape index (κ3) is 5.00. The molecule has 7 nitrogen and oxygen atoms in total. The van der Waals surface area contributed by atoms with Gasteiger partial charge in [-0.25, -0.2) is 8.42 Å². The van der Waals surface area contributed by atoms with Crippen molar-refractivity contribution >= 4 is 21.4 Å². The maximum absolute atomic E-state index is 11.0. The number of anilines is 1. The number of hydrogen-bond acceptors (Lipinski definition) is 5. The van der Waals surface area contributed by atoms with Crippen molar-refractivity contribution in [1.82, 2.24) is 0 Å². The predicted octanol–water partition coefficient (Wildman–Crippen LogP) is 2.00. The molecule has 0 atom stereocenters. The summed E-state index contributed by atoms with van der Waals surface area (Å²) in [4.78, 5) is 9.89. The molecule has 0 aliphatic heterocycles. The fourth-order valence-corrected chi connectivity index (χ4v) is 1.65. The van der Waals surface area contributed by atoms with E-state index in [2.05, 4.69) is 4.72 Å². The zero-order chi connectivity index (χ0) is 14.3. The van der Waals surface area contributed by atoms with Crippen molar-refractivity contribution < 1.29 is 18.1 Å². The Labute approximate surface area is 106 Å². The monoisotopic (exact) mass is 276 g/mol. The van der Waals surface area contributed by atoms with Gasteiger partial charge in [-0.3, -0.25) is 14.8 Å². The number of nitro groups is 1. The molecule has 0 radical (unpaired) electrons. The molecule has 1 N–H and O–H groups in total. The van der Waals surface area contributed by atoms with E-state index in [1.807, 2.05) is 13.8 Å². The van der Waals surface area contributed by atoms with Crippen molar-refractivity contribution in [2.24, 2.45) is 0 Å². The molecule has 0 amide bonds. The summed E-state index contributed by atoms with van der Waals surface area (Å²) < 4.78 is 29.0. The highest BCUT2D eigenvalue weighted by Gasteiger charge is 2.13. The van der Waals surface area contributed by atoms with E-state index >= 15 is 0 Å². The molecule has 0 aromatic heterocycles.